The van der Waals surface area contributed by atoms with Gasteiger partial charge in [0.05, 0.1) is 12.2 Å². The van der Waals surface area contributed by atoms with Gasteiger partial charge in [-0.1, -0.05) is 44.2 Å². The molecule has 5 heteroatoms. The van der Waals surface area contributed by atoms with E-state index in [1.165, 1.54) is 16.5 Å². The molecule has 1 aliphatic heterocycles. The standard InChI is InChI=1S/C28H37N3O2/c1-5-33-26-13-9-7-11-23(26)27(32)31-16-14-21(15-17-31)30-20(2)18-28(3,4)24-19-29-25-12-8-6-10-22(24)25/h6-13,19-21,29-30H,5,14-18H2,1-4H3. The molecule has 0 bridgehead atoms. The summed E-state index contributed by atoms with van der Waals surface area (Å²) in [7, 11) is 0. The number of amides is 1. The number of hydrogen-bond acceptors (Lipinski definition) is 3. The van der Waals surface area contributed by atoms with Crippen molar-refractivity contribution in [2.45, 2.75) is 64.5 Å². The van der Waals surface area contributed by atoms with Crippen LogP contribution in [-0.4, -0.2) is 47.6 Å². The molecule has 1 unspecified atom stereocenters. The summed E-state index contributed by atoms with van der Waals surface area (Å²) in [5.41, 5.74) is 3.30. The van der Waals surface area contributed by atoms with Gasteiger partial charge in [-0.15, -0.1) is 0 Å². The summed E-state index contributed by atoms with van der Waals surface area (Å²) in [6, 6.07) is 16.9. The van der Waals surface area contributed by atoms with Crippen molar-refractivity contribution in [3.05, 3.63) is 65.9 Å². The highest BCUT2D eigenvalue weighted by Crippen LogP contribution is 2.34. The Morgan fingerprint density at radius 3 is 2.61 bits per heavy atom. The highest BCUT2D eigenvalue weighted by atomic mass is 16.5. The molecule has 2 heterocycles. The van der Waals surface area contributed by atoms with Crippen LogP contribution in [0.2, 0.25) is 0 Å². The van der Waals surface area contributed by atoms with Gasteiger partial charge in [-0.25, -0.2) is 0 Å². The molecule has 3 aromatic rings. The van der Waals surface area contributed by atoms with Gasteiger partial charge >= 0.3 is 0 Å². The number of nitrogens with one attached hydrogen (secondary N) is 2. The highest BCUT2D eigenvalue weighted by Gasteiger charge is 2.29. The first-order chi connectivity index (χ1) is 15.9. The van der Waals surface area contributed by atoms with Crippen molar-refractivity contribution in [1.82, 2.24) is 15.2 Å². The number of carbonyl (C=O) groups excluding carboxylic acids is 1. The summed E-state index contributed by atoms with van der Waals surface area (Å²) in [5, 5.41) is 5.16. The summed E-state index contributed by atoms with van der Waals surface area (Å²) >= 11 is 0. The van der Waals surface area contributed by atoms with Crippen molar-refractivity contribution in [2.24, 2.45) is 0 Å². The second-order valence-corrected chi connectivity index (χ2v) is 9.90. The van der Waals surface area contributed by atoms with Crippen LogP contribution in [0.5, 0.6) is 5.75 Å². The number of likely N-dealkylation sites (tertiary alicyclic amines) is 1. The third kappa shape index (κ3) is 5.25. The third-order valence-electron chi connectivity index (χ3n) is 6.85. The van der Waals surface area contributed by atoms with Crippen molar-refractivity contribution < 1.29 is 9.53 Å². The van der Waals surface area contributed by atoms with Gasteiger partial charge in [-0.05, 0) is 62.3 Å². The molecule has 1 amide bonds. The Balaban J connectivity index is 1.32. The topological polar surface area (TPSA) is 57.4 Å². The summed E-state index contributed by atoms with van der Waals surface area (Å²) < 4.78 is 5.66. The number of hydrogen-bond donors (Lipinski definition) is 2. The van der Waals surface area contributed by atoms with E-state index >= 15 is 0 Å². The predicted molar refractivity (Wildman–Crippen MR) is 135 cm³/mol. The Morgan fingerprint density at radius 1 is 1.15 bits per heavy atom. The number of ether oxygens (including phenoxy) is 1. The van der Waals surface area contributed by atoms with Crippen LogP contribution in [0.4, 0.5) is 0 Å². The van der Waals surface area contributed by atoms with Gasteiger partial charge in [-0.3, -0.25) is 4.79 Å². The van der Waals surface area contributed by atoms with Crippen LogP contribution in [0.25, 0.3) is 10.9 Å². The van der Waals surface area contributed by atoms with E-state index in [1.54, 1.807) is 0 Å². The van der Waals surface area contributed by atoms with Crippen LogP contribution in [0.1, 0.15) is 62.9 Å². The number of nitrogens with zero attached hydrogens (tertiary/aromatic N) is 1. The van der Waals surface area contributed by atoms with Crippen molar-refractivity contribution in [2.75, 3.05) is 19.7 Å². The second-order valence-electron chi connectivity index (χ2n) is 9.90. The molecule has 0 saturated carbocycles. The fourth-order valence-electron chi connectivity index (χ4n) is 5.31. The number of aromatic amines is 1. The minimum atomic E-state index is 0.0612. The zero-order valence-corrected chi connectivity index (χ0v) is 20.4. The molecule has 4 rings (SSSR count). The Bertz CT molecular complexity index is 1080. The molecular formula is C28H37N3O2. The quantitative estimate of drug-likeness (QED) is 0.478. The van der Waals surface area contributed by atoms with E-state index in [-0.39, 0.29) is 11.3 Å². The van der Waals surface area contributed by atoms with E-state index in [0.29, 0.717) is 30.0 Å². The van der Waals surface area contributed by atoms with Crippen molar-refractivity contribution in [1.29, 1.82) is 0 Å². The summed E-state index contributed by atoms with van der Waals surface area (Å²) in [6.45, 7) is 11.0. The minimum Gasteiger partial charge on any atom is -0.493 e. The molecule has 1 aromatic heterocycles. The smallest absolute Gasteiger partial charge is 0.257 e. The molecule has 2 N–H and O–H groups in total. The Hall–Kier alpha value is -2.79. The number of benzene rings is 2. The lowest BCUT2D eigenvalue weighted by molar-refractivity contribution is 0.0697. The molecule has 1 fully saturated rings. The molecule has 1 saturated heterocycles. The lowest BCUT2D eigenvalue weighted by Crippen LogP contribution is -2.48. The fourth-order valence-corrected chi connectivity index (χ4v) is 5.31. The summed E-state index contributed by atoms with van der Waals surface area (Å²) in [5.74, 6) is 0.754. The SMILES string of the molecule is CCOc1ccccc1C(=O)N1CCC(NC(C)CC(C)(C)c2c[nH]c3ccccc23)CC1. The zero-order chi connectivity index (χ0) is 23.4. The Morgan fingerprint density at radius 2 is 1.85 bits per heavy atom. The minimum absolute atomic E-state index is 0.0612. The molecule has 2 aromatic carbocycles. The van der Waals surface area contributed by atoms with Crippen LogP contribution in [0.15, 0.2) is 54.7 Å². The fraction of sp³-hybridized carbons (Fsp3) is 0.464. The average molecular weight is 448 g/mol. The Labute approximate surface area is 197 Å². The molecule has 0 aliphatic carbocycles. The van der Waals surface area contributed by atoms with Crippen molar-refractivity contribution >= 4 is 16.8 Å². The van der Waals surface area contributed by atoms with Gasteiger partial charge in [0.1, 0.15) is 5.75 Å². The third-order valence-corrected chi connectivity index (χ3v) is 6.85. The first kappa shape index (κ1) is 23.4. The van der Waals surface area contributed by atoms with Crippen LogP contribution in [0.3, 0.4) is 0 Å². The normalized spacial score (nSPS) is 16.2. The van der Waals surface area contributed by atoms with E-state index in [9.17, 15) is 4.79 Å². The number of fused-ring (bicyclic) bond motifs is 1. The van der Waals surface area contributed by atoms with Crippen LogP contribution >= 0.6 is 0 Å². The van der Waals surface area contributed by atoms with Gasteiger partial charge in [0.15, 0.2) is 0 Å². The van der Waals surface area contributed by atoms with Gasteiger partial charge in [-0.2, -0.15) is 0 Å². The molecule has 1 aliphatic rings. The highest BCUT2D eigenvalue weighted by molar-refractivity contribution is 5.97. The lowest BCUT2D eigenvalue weighted by atomic mass is 9.79. The van der Waals surface area contributed by atoms with E-state index in [2.05, 4.69) is 61.5 Å². The van der Waals surface area contributed by atoms with Crippen molar-refractivity contribution in [3.63, 3.8) is 0 Å². The summed E-state index contributed by atoms with van der Waals surface area (Å²) in [4.78, 5) is 18.5. The van der Waals surface area contributed by atoms with E-state index in [0.717, 1.165) is 32.4 Å². The number of para-hydroxylation sites is 2. The first-order valence-electron chi connectivity index (χ1n) is 12.2. The maximum atomic E-state index is 13.1. The van der Waals surface area contributed by atoms with Crippen molar-refractivity contribution in [3.8, 4) is 5.75 Å². The number of H-pyrrole nitrogens is 1. The van der Waals surface area contributed by atoms with E-state index in [1.807, 2.05) is 36.1 Å². The maximum absolute atomic E-state index is 13.1. The van der Waals surface area contributed by atoms with Crippen LogP contribution in [-0.2, 0) is 5.41 Å². The number of piperidine rings is 1. The molecule has 0 radical (unpaired) electrons. The zero-order valence-electron chi connectivity index (χ0n) is 20.4. The van der Waals surface area contributed by atoms with E-state index < -0.39 is 0 Å². The molecular weight excluding hydrogens is 410 g/mol. The van der Waals surface area contributed by atoms with Gasteiger partial charge in [0.2, 0.25) is 0 Å². The molecule has 0 spiro atoms. The number of carbonyl (C=O) groups is 1. The van der Waals surface area contributed by atoms with Gasteiger partial charge in [0.25, 0.3) is 5.91 Å². The maximum Gasteiger partial charge on any atom is 0.257 e. The monoisotopic (exact) mass is 447 g/mol. The summed E-state index contributed by atoms with van der Waals surface area (Å²) in [6.07, 6.45) is 5.16. The van der Waals surface area contributed by atoms with Crippen LogP contribution in [0, 0.1) is 0 Å². The molecule has 5 nitrogen and oxygen atoms in total. The molecule has 33 heavy (non-hydrogen) atoms. The average Bonchev–Trinajstić information content (AvgIpc) is 3.25. The van der Waals surface area contributed by atoms with E-state index in [4.69, 9.17) is 4.74 Å². The van der Waals surface area contributed by atoms with Gasteiger partial charge in [0, 0.05) is 42.3 Å². The second kappa shape index (κ2) is 10.0. The predicted octanol–water partition coefficient (Wildman–Crippen LogP) is 5.52. The first-order valence-corrected chi connectivity index (χ1v) is 12.2. The lowest BCUT2D eigenvalue weighted by Gasteiger charge is -2.36. The van der Waals surface area contributed by atoms with Gasteiger partial charge < -0.3 is 19.9 Å². The molecule has 176 valence electrons. The largest absolute Gasteiger partial charge is 0.493 e. The number of rotatable bonds is 8. The van der Waals surface area contributed by atoms with Crippen LogP contribution < -0.4 is 10.1 Å². The number of aromatic nitrogens is 1. The molecule has 1 atom stereocenters. The Kier molecular flexibility index (Phi) is 7.08.